The Hall–Kier alpha value is -9.27. The van der Waals surface area contributed by atoms with Crippen molar-refractivity contribution in [2.24, 2.45) is 0 Å². The van der Waals surface area contributed by atoms with E-state index in [0.717, 1.165) is 18.7 Å². The Morgan fingerprint density at radius 1 is 0.662 bits per heavy atom. The number of amides is 5. The zero-order chi connectivity index (χ0) is 46.8. The van der Waals surface area contributed by atoms with Crippen LogP contribution in [0.15, 0.2) is 103 Å². The summed E-state index contributed by atoms with van der Waals surface area (Å²) in [5.74, 6) is -6.37. The Bertz CT molecular complexity index is 2790. The van der Waals surface area contributed by atoms with Crippen LogP contribution in [-0.2, 0) is 16.0 Å². The molecule has 1 aromatic heterocycles. The van der Waals surface area contributed by atoms with Crippen molar-refractivity contribution < 1.29 is 58.7 Å². The molecule has 10 N–H and O–H groups in total. The van der Waals surface area contributed by atoms with Gasteiger partial charge in [-0.25, -0.2) is 4.79 Å². The van der Waals surface area contributed by atoms with Gasteiger partial charge in [0, 0.05) is 34.5 Å². The molecule has 0 spiro atoms. The highest BCUT2D eigenvalue weighted by Gasteiger charge is 2.26. The van der Waals surface area contributed by atoms with Crippen LogP contribution in [0.5, 0.6) is 28.7 Å². The lowest BCUT2D eigenvalue weighted by Gasteiger charge is -2.18. The Morgan fingerprint density at radius 3 is 1.75 bits per heavy atom. The molecule has 1 atom stereocenters. The van der Waals surface area contributed by atoms with Gasteiger partial charge in [-0.15, -0.1) is 10.2 Å². The Morgan fingerprint density at radius 2 is 1.20 bits per heavy atom. The van der Waals surface area contributed by atoms with Gasteiger partial charge in [-0.1, -0.05) is 17.3 Å². The minimum Gasteiger partial charge on any atom is -0.508 e. The highest BCUT2D eigenvalue weighted by atomic mass is 16.5. The molecule has 0 saturated heterocycles. The van der Waals surface area contributed by atoms with Crippen molar-refractivity contribution in [2.45, 2.75) is 19.4 Å². The van der Waals surface area contributed by atoms with E-state index in [1.807, 2.05) is 0 Å². The third kappa shape index (κ3) is 11.0. The smallest absolute Gasteiger partial charge is 0.339 e. The Balaban J connectivity index is 1.08. The summed E-state index contributed by atoms with van der Waals surface area (Å²) < 4.78 is 10.4. The molecule has 1 heterocycles. The number of benzene rings is 5. The number of phenols is 3. The number of hydrogen-bond donors (Lipinski definition) is 10. The molecule has 0 bridgehead atoms. The van der Waals surface area contributed by atoms with E-state index in [1.54, 1.807) is 25.1 Å². The zero-order valence-electron chi connectivity index (χ0n) is 34.5. The van der Waals surface area contributed by atoms with Gasteiger partial charge in [0.25, 0.3) is 23.6 Å². The van der Waals surface area contributed by atoms with Gasteiger partial charge >= 0.3 is 5.97 Å². The van der Waals surface area contributed by atoms with Gasteiger partial charge in [-0.2, -0.15) is 5.21 Å². The van der Waals surface area contributed by atoms with Gasteiger partial charge < -0.3 is 56.5 Å². The molecule has 5 aromatic carbocycles. The van der Waals surface area contributed by atoms with E-state index in [2.05, 4.69) is 47.2 Å². The molecule has 0 aliphatic heterocycles. The number of carboxylic acid groups (broad SMARTS) is 1. The summed E-state index contributed by atoms with van der Waals surface area (Å²) in [6, 6.07) is 21.5. The topological polar surface area (TPSA) is 316 Å². The number of carbonyl (C=O) groups is 6. The fourth-order valence-electron chi connectivity index (χ4n) is 6.15. The maximum Gasteiger partial charge on any atom is 0.339 e. The van der Waals surface area contributed by atoms with Crippen LogP contribution in [0.2, 0.25) is 0 Å². The van der Waals surface area contributed by atoms with Gasteiger partial charge in [-0.3, -0.25) is 24.0 Å². The molecule has 0 aliphatic carbocycles. The largest absolute Gasteiger partial charge is 0.508 e. The molecule has 0 aliphatic rings. The second-order valence-corrected chi connectivity index (χ2v) is 13.9. The lowest BCUT2D eigenvalue weighted by atomic mass is 10.1. The summed E-state index contributed by atoms with van der Waals surface area (Å²) in [5, 5.41) is 66.8. The van der Waals surface area contributed by atoms with Crippen molar-refractivity contribution in [3.05, 3.63) is 136 Å². The van der Waals surface area contributed by atoms with E-state index < -0.39 is 52.7 Å². The van der Waals surface area contributed by atoms with Gasteiger partial charge in [0.2, 0.25) is 5.91 Å². The van der Waals surface area contributed by atoms with Crippen molar-refractivity contribution in [2.75, 3.05) is 35.5 Å². The first kappa shape index (κ1) is 45.3. The number of rotatable bonds is 16. The number of aromatic carboxylic acids is 1. The van der Waals surface area contributed by atoms with Crippen molar-refractivity contribution in [3.8, 4) is 28.7 Å². The summed E-state index contributed by atoms with van der Waals surface area (Å²) >= 11 is 0. The first-order valence-electron chi connectivity index (χ1n) is 19.1. The van der Waals surface area contributed by atoms with Crippen molar-refractivity contribution in [1.82, 2.24) is 25.9 Å². The zero-order valence-corrected chi connectivity index (χ0v) is 34.5. The molecular formula is C44H39N9O12. The second-order valence-electron chi connectivity index (χ2n) is 13.9. The van der Waals surface area contributed by atoms with Crippen molar-refractivity contribution in [1.29, 1.82) is 0 Å². The highest BCUT2D eigenvalue weighted by molar-refractivity contribution is 6.11. The molecule has 0 unspecified atom stereocenters. The summed E-state index contributed by atoms with van der Waals surface area (Å²) in [6.45, 7) is 1.63. The summed E-state index contributed by atoms with van der Waals surface area (Å²) in [5.41, 5.74) is 1.19. The number of phenolic OH excluding ortho intramolecular Hbond substituents is 2. The predicted octanol–water partition coefficient (Wildman–Crippen LogP) is 4.56. The molecule has 21 nitrogen and oxygen atoms in total. The van der Waals surface area contributed by atoms with Crippen LogP contribution in [0.1, 0.15) is 59.7 Å². The third-order valence-electron chi connectivity index (χ3n) is 9.49. The maximum absolute atomic E-state index is 13.6. The quantitative estimate of drug-likeness (QED) is 0.0596. The Kier molecular flexibility index (Phi) is 14.0. The number of nitrogens with one attached hydrogen (secondary N) is 6. The summed E-state index contributed by atoms with van der Waals surface area (Å²) in [6.07, 6.45) is 1.50. The molecule has 6 aromatic rings. The minimum absolute atomic E-state index is 0.0152. The number of methoxy groups -OCH3 is 2. The Labute approximate surface area is 368 Å². The molecule has 0 saturated carbocycles. The number of ether oxygens (including phenoxy) is 2. The molecule has 0 fully saturated rings. The van der Waals surface area contributed by atoms with E-state index in [4.69, 9.17) is 9.47 Å². The van der Waals surface area contributed by atoms with Crippen LogP contribution in [-0.4, -0.2) is 96.8 Å². The first-order chi connectivity index (χ1) is 31.1. The van der Waals surface area contributed by atoms with Crippen molar-refractivity contribution in [3.63, 3.8) is 0 Å². The van der Waals surface area contributed by atoms with Gasteiger partial charge in [0.15, 0.2) is 28.8 Å². The number of aromatic amines is 1. The predicted molar refractivity (Wildman–Crippen MR) is 233 cm³/mol. The number of H-pyrrole nitrogens is 1. The van der Waals surface area contributed by atoms with Crippen LogP contribution in [0.25, 0.3) is 6.08 Å². The molecule has 5 amide bonds. The monoisotopic (exact) mass is 885 g/mol. The minimum atomic E-state index is -1.43. The number of tetrazole rings is 1. The van der Waals surface area contributed by atoms with E-state index in [-0.39, 0.29) is 69.2 Å². The number of carbonyl (C=O) groups excluding carboxylic acids is 5. The molecule has 6 rings (SSSR count). The number of aromatic hydroxyl groups is 3. The first-order valence-corrected chi connectivity index (χ1v) is 19.1. The van der Waals surface area contributed by atoms with Crippen LogP contribution in [0, 0.1) is 0 Å². The van der Waals surface area contributed by atoms with Crippen LogP contribution in [0.4, 0.5) is 22.7 Å². The molecule has 65 heavy (non-hydrogen) atoms. The fourth-order valence-corrected chi connectivity index (χ4v) is 6.15. The van der Waals surface area contributed by atoms with Crippen LogP contribution >= 0.6 is 0 Å². The number of hydrogen-bond acceptors (Lipinski definition) is 14. The van der Waals surface area contributed by atoms with E-state index >= 15 is 0 Å². The van der Waals surface area contributed by atoms with Gasteiger partial charge in [0.1, 0.15) is 17.4 Å². The molecule has 21 heteroatoms. The normalized spacial score (nSPS) is 11.4. The molecule has 0 radical (unpaired) electrons. The van der Waals surface area contributed by atoms with Crippen LogP contribution in [0.3, 0.4) is 0 Å². The van der Waals surface area contributed by atoms with E-state index in [0.29, 0.717) is 11.3 Å². The fraction of sp³-hybridized carbons (Fsp3) is 0.114. The van der Waals surface area contributed by atoms with E-state index in [1.165, 1.54) is 86.0 Å². The van der Waals surface area contributed by atoms with Gasteiger partial charge in [-0.05, 0) is 103 Å². The lowest BCUT2D eigenvalue weighted by Crippen LogP contribution is -2.45. The van der Waals surface area contributed by atoms with E-state index in [9.17, 15) is 49.2 Å². The number of anilines is 4. The summed E-state index contributed by atoms with van der Waals surface area (Å²) in [7, 11) is 2.36. The van der Waals surface area contributed by atoms with Gasteiger partial charge in [0.05, 0.1) is 31.2 Å². The standard InChI is InChI=1S/C44H39N9O12/c1-22(20-23-4-14-28(54)15-5-23)39(57)45-26-10-6-25(7-11-26)41(59)49-33(21-34-50-52-53-51-34)43(61)46-27-12-8-24(9-13-27)40(58)47-31-18-16-29(35(55)37(31)64-2)42(60)48-32-19-17-30(44(62)63)36(56)38(32)65-3/h4-20,33,54-56H,21H2,1-3H3,(H,45,57)(H,46,61)(H,47,58)(H,48,60)(H,49,59)(H,62,63)(H,50,51,52,53)/b22-20+/t33-/m0/s1. The molecule has 332 valence electrons. The number of aromatic nitrogens is 4. The third-order valence-corrected chi connectivity index (χ3v) is 9.49. The van der Waals surface area contributed by atoms with Crippen LogP contribution < -0.4 is 36.1 Å². The number of carboxylic acids is 1. The lowest BCUT2D eigenvalue weighted by molar-refractivity contribution is -0.118. The second kappa shape index (κ2) is 20.1. The highest BCUT2D eigenvalue weighted by Crippen LogP contribution is 2.40. The SMILES string of the molecule is COc1c(NC(=O)c2ccc(NC(=O)c3ccc(NC(=O)[C@H](Cc4nn[nH]n4)NC(=O)c4ccc(NC(=O)/C(C)=C/c5ccc(O)cc5)cc4)cc3)c(OC)c2O)ccc(C(=O)O)c1O. The maximum atomic E-state index is 13.6. The average Bonchev–Trinajstić information content (AvgIpc) is 3.80. The number of nitrogens with zero attached hydrogens (tertiary/aromatic N) is 3. The molecular weight excluding hydrogens is 847 g/mol. The summed E-state index contributed by atoms with van der Waals surface area (Å²) in [4.78, 5) is 77.5. The van der Waals surface area contributed by atoms with Crippen molar-refractivity contribution >= 4 is 64.3 Å². The average molecular weight is 886 g/mol.